The van der Waals surface area contributed by atoms with Crippen LogP contribution >= 0.6 is 0 Å². The summed E-state index contributed by atoms with van der Waals surface area (Å²) in [4.78, 5) is 38.8. The first-order valence-corrected chi connectivity index (χ1v) is 6.01. The number of carbonyl (C=O) groups excluding carboxylic acids is 2. The van der Waals surface area contributed by atoms with Crippen molar-refractivity contribution in [2.45, 2.75) is 25.8 Å². The fraction of sp³-hybridized carbons (Fsp3) is 0.385. The first-order chi connectivity index (χ1) is 9.42. The van der Waals surface area contributed by atoms with Gasteiger partial charge in [-0.25, -0.2) is 9.59 Å². The lowest BCUT2D eigenvalue weighted by Gasteiger charge is -2.27. The van der Waals surface area contributed by atoms with Crippen LogP contribution in [-0.2, 0) is 25.5 Å². The van der Waals surface area contributed by atoms with Crippen molar-refractivity contribution in [2.24, 2.45) is 0 Å². The van der Waals surface area contributed by atoms with E-state index in [1.54, 1.807) is 25.1 Å². The van der Waals surface area contributed by atoms with Gasteiger partial charge in [0.2, 0.25) is 11.4 Å². The number of aromatic nitrogens is 1. The number of carboxylic acid groups (broad SMARTS) is 1. The highest BCUT2D eigenvalue weighted by molar-refractivity contribution is 6.07. The van der Waals surface area contributed by atoms with Crippen LogP contribution in [0, 0.1) is 0 Å². The maximum absolute atomic E-state index is 12.0. The topological polar surface area (TPSA) is 106 Å². The molecule has 0 aliphatic rings. The minimum atomic E-state index is -2.17. The van der Waals surface area contributed by atoms with Crippen LogP contribution < -0.4 is 5.32 Å². The van der Waals surface area contributed by atoms with E-state index in [2.05, 4.69) is 10.3 Å². The third-order valence-corrected chi connectivity index (χ3v) is 2.55. The summed E-state index contributed by atoms with van der Waals surface area (Å²) in [6.45, 7) is 2.70. The largest absolute Gasteiger partial charge is 0.479 e. The predicted octanol–water partition coefficient (Wildman–Crippen LogP) is 0.147. The lowest BCUT2D eigenvalue weighted by atomic mass is 9.92. The number of nitrogens with one attached hydrogen (secondary N) is 1. The lowest BCUT2D eigenvalue weighted by molar-refractivity contribution is -0.164. The van der Waals surface area contributed by atoms with Gasteiger partial charge in [-0.05, 0) is 19.1 Å². The van der Waals surface area contributed by atoms with Gasteiger partial charge in [0.05, 0.1) is 6.61 Å². The molecule has 1 unspecified atom stereocenters. The van der Waals surface area contributed by atoms with Crippen molar-refractivity contribution in [1.82, 2.24) is 10.3 Å². The van der Waals surface area contributed by atoms with Crippen LogP contribution in [0.4, 0.5) is 0 Å². The van der Waals surface area contributed by atoms with Crippen LogP contribution in [0.5, 0.6) is 0 Å². The third-order valence-electron chi connectivity index (χ3n) is 2.55. The number of rotatable bonds is 6. The summed E-state index contributed by atoms with van der Waals surface area (Å²) >= 11 is 0. The normalized spacial score (nSPS) is 13.1. The zero-order valence-electron chi connectivity index (χ0n) is 11.3. The molecule has 20 heavy (non-hydrogen) atoms. The molecule has 2 N–H and O–H groups in total. The summed E-state index contributed by atoms with van der Waals surface area (Å²) in [5.74, 6) is -3.15. The summed E-state index contributed by atoms with van der Waals surface area (Å²) in [6.07, 6.45) is 1.18. The van der Waals surface area contributed by atoms with Gasteiger partial charge < -0.3 is 15.2 Å². The van der Waals surface area contributed by atoms with Crippen molar-refractivity contribution >= 4 is 17.8 Å². The van der Waals surface area contributed by atoms with Crippen molar-refractivity contribution in [3.8, 4) is 0 Å². The molecule has 1 heterocycles. The predicted molar refractivity (Wildman–Crippen MR) is 68.8 cm³/mol. The van der Waals surface area contributed by atoms with Crippen molar-refractivity contribution < 1.29 is 24.2 Å². The van der Waals surface area contributed by atoms with Gasteiger partial charge in [0.25, 0.3) is 0 Å². The number of hydrogen-bond acceptors (Lipinski definition) is 5. The monoisotopic (exact) mass is 280 g/mol. The maximum atomic E-state index is 12.0. The SMILES string of the molecule is CCOC(=O)C(Cc1ccccn1)(NC(C)=O)C(=O)O. The molecule has 1 amide bonds. The minimum absolute atomic E-state index is 0.00959. The Labute approximate surface area is 116 Å². The standard InChI is InChI=1S/C13H16N2O5/c1-3-20-12(19)13(11(17)18,15-9(2)16)8-10-6-4-5-7-14-10/h4-7H,3,8H2,1-2H3,(H,15,16)(H,17,18). The number of amides is 1. The highest BCUT2D eigenvalue weighted by atomic mass is 16.5. The van der Waals surface area contributed by atoms with E-state index in [1.165, 1.54) is 6.20 Å². The molecule has 0 saturated carbocycles. The van der Waals surface area contributed by atoms with Crippen molar-refractivity contribution in [3.63, 3.8) is 0 Å². The molecule has 0 aliphatic heterocycles. The second kappa shape index (κ2) is 6.65. The van der Waals surface area contributed by atoms with Crippen LogP contribution in [0.25, 0.3) is 0 Å². The molecule has 0 radical (unpaired) electrons. The average Bonchev–Trinajstić information content (AvgIpc) is 2.38. The number of pyridine rings is 1. The highest BCUT2D eigenvalue weighted by Gasteiger charge is 2.49. The summed E-state index contributed by atoms with van der Waals surface area (Å²) < 4.78 is 4.78. The Kier molecular flexibility index (Phi) is 5.19. The quantitative estimate of drug-likeness (QED) is 0.567. The number of aliphatic carboxylic acids is 1. The van der Waals surface area contributed by atoms with Gasteiger partial charge in [-0.2, -0.15) is 0 Å². The van der Waals surface area contributed by atoms with Crippen LogP contribution in [0.15, 0.2) is 24.4 Å². The van der Waals surface area contributed by atoms with Crippen molar-refractivity contribution in [1.29, 1.82) is 0 Å². The molecule has 0 saturated heterocycles. The molecule has 7 heteroatoms. The van der Waals surface area contributed by atoms with E-state index in [9.17, 15) is 19.5 Å². The Morgan fingerprint density at radius 2 is 2.10 bits per heavy atom. The summed E-state index contributed by atoms with van der Waals surface area (Å²) in [7, 11) is 0. The Morgan fingerprint density at radius 1 is 1.40 bits per heavy atom. The molecule has 1 aromatic heterocycles. The number of esters is 1. The fourth-order valence-electron chi connectivity index (χ4n) is 1.71. The summed E-state index contributed by atoms with van der Waals surface area (Å²) in [5, 5.41) is 11.6. The van der Waals surface area contributed by atoms with Gasteiger partial charge >= 0.3 is 11.9 Å². The number of carboxylic acids is 1. The van der Waals surface area contributed by atoms with E-state index in [0.29, 0.717) is 5.69 Å². The molecule has 0 aromatic carbocycles. The Bertz CT molecular complexity index is 503. The minimum Gasteiger partial charge on any atom is -0.479 e. The molecule has 0 bridgehead atoms. The molecule has 1 aromatic rings. The zero-order valence-corrected chi connectivity index (χ0v) is 11.3. The molecule has 1 rings (SSSR count). The molecule has 0 fully saturated rings. The molecule has 108 valence electrons. The first-order valence-electron chi connectivity index (χ1n) is 6.01. The van der Waals surface area contributed by atoms with E-state index >= 15 is 0 Å². The maximum Gasteiger partial charge on any atom is 0.344 e. The van der Waals surface area contributed by atoms with Gasteiger partial charge in [-0.3, -0.25) is 9.78 Å². The molecule has 1 atom stereocenters. The fourth-order valence-corrected chi connectivity index (χ4v) is 1.71. The van der Waals surface area contributed by atoms with Crippen LogP contribution in [0.1, 0.15) is 19.5 Å². The number of hydrogen-bond donors (Lipinski definition) is 2. The summed E-state index contributed by atoms with van der Waals surface area (Å²) in [5.41, 5.74) is -1.81. The molecule has 7 nitrogen and oxygen atoms in total. The Morgan fingerprint density at radius 3 is 2.55 bits per heavy atom. The van der Waals surface area contributed by atoms with E-state index in [4.69, 9.17) is 4.74 Å². The molecular weight excluding hydrogens is 264 g/mol. The number of ether oxygens (including phenoxy) is 1. The smallest absolute Gasteiger partial charge is 0.344 e. The van der Waals surface area contributed by atoms with Gasteiger partial charge in [-0.1, -0.05) is 6.07 Å². The van der Waals surface area contributed by atoms with Crippen LogP contribution in [0.2, 0.25) is 0 Å². The molecule has 0 aliphatic carbocycles. The second-order valence-electron chi connectivity index (χ2n) is 4.11. The van der Waals surface area contributed by atoms with Gasteiger partial charge in [0.1, 0.15) is 0 Å². The average molecular weight is 280 g/mol. The van der Waals surface area contributed by atoms with Gasteiger partial charge in [-0.15, -0.1) is 0 Å². The Hall–Kier alpha value is -2.44. The van der Waals surface area contributed by atoms with Gasteiger partial charge in [0, 0.05) is 25.2 Å². The Balaban J connectivity index is 3.18. The van der Waals surface area contributed by atoms with E-state index < -0.39 is 23.4 Å². The number of nitrogens with zero attached hydrogens (tertiary/aromatic N) is 1. The van der Waals surface area contributed by atoms with E-state index in [-0.39, 0.29) is 13.0 Å². The highest BCUT2D eigenvalue weighted by Crippen LogP contribution is 2.15. The molecule has 0 spiro atoms. The molecular formula is C13H16N2O5. The first kappa shape index (κ1) is 15.6. The number of carbonyl (C=O) groups is 3. The third kappa shape index (κ3) is 3.53. The second-order valence-corrected chi connectivity index (χ2v) is 4.11. The van der Waals surface area contributed by atoms with E-state index in [0.717, 1.165) is 6.92 Å². The lowest BCUT2D eigenvalue weighted by Crippen LogP contribution is -2.62. The van der Waals surface area contributed by atoms with Crippen LogP contribution in [0.3, 0.4) is 0 Å². The van der Waals surface area contributed by atoms with Crippen LogP contribution in [-0.4, -0.2) is 40.1 Å². The zero-order chi connectivity index (χ0) is 15.2. The van der Waals surface area contributed by atoms with Gasteiger partial charge in [0.15, 0.2) is 0 Å². The van der Waals surface area contributed by atoms with Crippen molar-refractivity contribution in [3.05, 3.63) is 30.1 Å². The van der Waals surface area contributed by atoms with E-state index in [1.807, 2.05) is 0 Å². The summed E-state index contributed by atoms with van der Waals surface area (Å²) in [6, 6.07) is 4.89. The van der Waals surface area contributed by atoms with Crippen molar-refractivity contribution in [2.75, 3.05) is 6.61 Å².